The molecule has 0 aliphatic heterocycles. The Kier molecular flexibility index (Phi) is 2.13. The molecular weight excluding hydrogens is 160 g/mol. The molecule has 12 heavy (non-hydrogen) atoms. The van der Waals surface area contributed by atoms with Gasteiger partial charge in [-0.3, -0.25) is 0 Å². The minimum atomic E-state index is 0.721. The van der Waals surface area contributed by atoms with E-state index in [-0.39, 0.29) is 0 Å². The molecular formula is C11H14Si. The van der Waals surface area contributed by atoms with Gasteiger partial charge < -0.3 is 0 Å². The average Bonchev–Trinajstić information content (AvgIpc) is 2.50. The highest BCUT2D eigenvalue weighted by atomic mass is 28.1. The highest BCUT2D eigenvalue weighted by Crippen LogP contribution is 2.32. The lowest BCUT2D eigenvalue weighted by atomic mass is 9.99. The lowest BCUT2D eigenvalue weighted by Gasteiger charge is -2.08. The van der Waals surface area contributed by atoms with Gasteiger partial charge in [0, 0.05) is 16.2 Å². The van der Waals surface area contributed by atoms with Gasteiger partial charge in [0.2, 0.25) is 0 Å². The van der Waals surface area contributed by atoms with Crippen LogP contribution in [0.1, 0.15) is 23.5 Å². The van der Waals surface area contributed by atoms with Crippen LogP contribution in [-0.4, -0.2) is 10.2 Å². The van der Waals surface area contributed by atoms with Gasteiger partial charge in [0.25, 0.3) is 0 Å². The largest absolute Gasteiger partial charge is 0.0764 e. The van der Waals surface area contributed by atoms with Gasteiger partial charge in [-0.1, -0.05) is 42.5 Å². The molecule has 1 aliphatic rings. The number of allylic oxidation sites excluding steroid dienone is 1. The van der Waals surface area contributed by atoms with E-state index in [1.165, 1.54) is 33.8 Å². The molecule has 0 N–H and O–H groups in total. The summed E-state index contributed by atoms with van der Waals surface area (Å²) in [5, 5.41) is 0. The van der Waals surface area contributed by atoms with Crippen molar-refractivity contribution >= 4 is 16.3 Å². The zero-order valence-electron chi connectivity index (χ0n) is 7.46. The van der Waals surface area contributed by atoms with Crippen LogP contribution in [0.2, 0.25) is 6.04 Å². The van der Waals surface area contributed by atoms with Crippen LogP contribution >= 0.6 is 0 Å². The van der Waals surface area contributed by atoms with Gasteiger partial charge in [0.1, 0.15) is 0 Å². The fourth-order valence-electron chi connectivity index (χ4n) is 1.89. The van der Waals surface area contributed by atoms with E-state index in [0.717, 1.165) is 5.92 Å². The highest BCUT2D eigenvalue weighted by molar-refractivity contribution is 6.08. The third kappa shape index (κ3) is 1.25. The first kappa shape index (κ1) is 7.81. The standard InChI is InChI=1S/C11H14Si/c12-8-7-10-6-5-9-3-1-2-4-11(9)10/h1-6,10H,7-8H2,12H3. The van der Waals surface area contributed by atoms with Gasteiger partial charge >= 0.3 is 0 Å². The van der Waals surface area contributed by atoms with Crippen molar-refractivity contribution < 1.29 is 0 Å². The van der Waals surface area contributed by atoms with Crippen LogP contribution in [0.4, 0.5) is 0 Å². The number of hydrogen-bond acceptors (Lipinski definition) is 0. The van der Waals surface area contributed by atoms with Gasteiger partial charge in [0.15, 0.2) is 0 Å². The van der Waals surface area contributed by atoms with Crippen molar-refractivity contribution in [3.05, 3.63) is 41.5 Å². The molecule has 1 aromatic carbocycles. The smallest absolute Gasteiger partial charge is 0.00284 e. The molecule has 0 spiro atoms. The van der Waals surface area contributed by atoms with Crippen molar-refractivity contribution in [3.8, 4) is 0 Å². The molecule has 0 heterocycles. The Bertz CT molecular complexity index is 302. The maximum Gasteiger partial charge on any atom is 0.00284 e. The Morgan fingerprint density at radius 2 is 2.08 bits per heavy atom. The second kappa shape index (κ2) is 3.28. The Labute approximate surface area is 76.7 Å². The third-order valence-corrected chi connectivity index (χ3v) is 3.08. The molecule has 0 amide bonds. The van der Waals surface area contributed by atoms with Crippen LogP contribution in [-0.2, 0) is 0 Å². The summed E-state index contributed by atoms with van der Waals surface area (Å²) in [6, 6.07) is 10.1. The normalized spacial score (nSPS) is 19.8. The van der Waals surface area contributed by atoms with Gasteiger partial charge in [-0.2, -0.15) is 0 Å². The predicted octanol–water partition coefficient (Wildman–Crippen LogP) is 1.97. The van der Waals surface area contributed by atoms with Crippen LogP contribution in [0.25, 0.3) is 6.08 Å². The van der Waals surface area contributed by atoms with E-state index in [2.05, 4.69) is 36.4 Å². The molecule has 1 aliphatic carbocycles. The summed E-state index contributed by atoms with van der Waals surface area (Å²) in [6.07, 6.45) is 5.96. The Morgan fingerprint density at radius 3 is 2.92 bits per heavy atom. The molecule has 0 aromatic heterocycles. The van der Waals surface area contributed by atoms with Crippen LogP contribution in [0.5, 0.6) is 0 Å². The van der Waals surface area contributed by atoms with Crippen LogP contribution in [0, 0.1) is 0 Å². The van der Waals surface area contributed by atoms with Crippen LogP contribution < -0.4 is 0 Å². The van der Waals surface area contributed by atoms with E-state index in [9.17, 15) is 0 Å². The maximum absolute atomic E-state index is 2.35. The summed E-state index contributed by atoms with van der Waals surface area (Å²) in [7, 11) is 1.33. The number of fused-ring (bicyclic) bond motifs is 1. The van der Waals surface area contributed by atoms with Gasteiger partial charge in [0.05, 0.1) is 0 Å². The van der Waals surface area contributed by atoms with Crippen molar-refractivity contribution in [2.75, 3.05) is 0 Å². The monoisotopic (exact) mass is 174 g/mol. The van der Waals surface area contributed by atoms with Gasteiger partial charge in [-0.05, 0) is 17.5 Å². The number of benzene rings is 1. The number of hydrogen-bond donors (Lipinski definition) is 0. The molecule has 0 nitrogen and oxygen atoms in total. The first-order valence-corrected chi connectivity index (χ1v) is 6.10. The summed E-state index contributed by atoms with van der Waals surface area (Å²) in [6.45, 7) is 0. The van der Waals surface area contributed by atoms with Crippen molar-refractivity contribution in [1.82, 2.24) is 0 Å². The van der Waals surface area contributed by atoms with E-state index >= 15 is 0 Å². The van der Waals surface area contributed by atoms with E-state index in [4.69, 9.17) is 0 Å². The lowest BCUT2D eigenvalue weighted by Crippen LogP contribution is -1.91. The summed E-state index contributed by atoms with van der Waals surface area (Å²) in [5.41, 5.74) is 2.96. The zero-order chi connectivity index (χ0) is 8.39. The van der Waals surface area contributed by atoms with Gasteiger partial charge in [-0.15, -0.1) is 0 Å². The van der Waals surface area contributed by atoms with Crippen molar-refractivity contribution in [2.24, 2.45) is 0 Å². The predicted molar refractivity (Wildman–Crippen MR) is 57.6 cm³/mol. The Hall–Kier alpha value is -0.823. The van der Waals surface area contributed by atoms with E-state index < -0.39 is 0 Å². The molecule has 1 atom stereocenters. The minimum Gasteiger partial charge on any atom is -0.0764 e. The lowest BCUT2D eigenvalue weighted by molar-refractivity contribution is 0.817. The van der Waals surface area contributed by atoms with Crippen molar-refractivity contribution in [2.45, 2.75) is 18.4 Å². The molecule has 0 bridgehead atoms. The van der Waals surface area contributed by atoms with E-state index in [1.807, 2.05) is 0 Å². The SMILES string of the molecule is [SiH3]CCC1C=Cc2ccccc21. The molecule has 62 valence electrons. The first-order valence-electron chi connectivity index (χ1n) is 4.69. The molecule has 1 heteroatoms. The van der Waals surface area contributed by atoms with Crippen molar-refractivity contribution in [3.63, 3.8) is 0 Å². The molecule has 1 aromatic rings. The Balaban J connectivity index is 2.30. The minimum absolute atomic E-state index is 0.721. The number of rotatable bonds is 2. The van der Waals surface area contributed by atoms with E-state index in [1.54, 1.807) is 0 Å². The summed E-state index contributed by atoms with van der Waals surface area (Å²) in [4.78, 5) is 0. The van der Waals surface area contributed by atoms with Gasteiger partial charge in [-0.25, -0.2) is 0 Å². The second-order valence-electron chi connectivity index (χ2n) is 3.38. The summed E-state index contributed by atoms with van der Waals surface area (Å²) in [5.74, 6) is 0.721. The quantitative estimate of drug-likeness (QED) is 0.601. The summed E-state index contributed by atoms with van der Waals surface area (Å²) >= 11 is 0. The molecule has 0 radical (unpaired) electrons. The van der Waals surface area contributed by atoms with Crippen LogP contribution in [0.15, 0.2) is 30.3 Å². The fraction of sp³-hybridized carbons (Fsp3) is 0.273. The third-order valence-electron chi connectivity index (χ3n) is 2.50. The fourth-order valence-corrected chi connectivity index (χ4v) is 2.51. The molecule has 1 unspecified atom stereocenters. The second-order valence-corrected chi connectivity index (χ2v) is 4.38. The van der Waals surface area contributed by atoms with E-state index in [0.29, 0.717) is 0 Å². The summed E-state index contributed by atoms with van der Waals surface area (Å²) < 4.78 is 0. The van der Waals surface area contributed by atoms with Crippen molar-refractivity contribution in [1.29, 1.82) is 0 Å². The molecule has 0 fully saturated rings. The molecule has 0 saturated heterocycles. The molecule has 2 rings (SSSR count). The maximum atomic E-state index is 2.35. The average molecular weight is 174 g/mol. The molecule has 0 saturated carbocycles. The highest BCUT2D eigenvalue weighted by Gasteiger charge is 2.14. The first-order chi connectivity index (χ1) is 5.92. The van der Waals surface area contributed by atoms with Crippen LogP contribution in [0.3, 0.4) is 0 Å². The zero-order valence-corrected chi connectivity index (χ0v) is 9.46. The Morgan fingerprint density at radius 1 is 1.25 bits per heavy atom. The topological polar surface area (TPSA) is 0 Å².